The molecule has 11 rings (SSSR count). The fourth-order valence-electron chi connectivity index (χ4n) is 9.62. The van der Waals surface area contributed by atoms with Crippen LogP contribution in [0, 0.1) is 11.3 Å². The van der Waals surface area contributed by atoms with Crippen LogP contribution in [0.4, 0.5) is 0 Å². The minimum absolute atomic E-state index is 0.0742. The molecule has 1 aliphatic heterocycles. The van der Waals surface area contributed by atoms with Crippen LogP contribution in [0.2, 0.25) is 0 Å². The molecule has 234 valence electrons. The topological polar surface area (TPSA) is 4.93 Å². The Hall–Kier alpha value is -5.05. The van der Waals surface area contributed by atoms with Gasteiger partial charge in [0.2, 0.25) is 0 Å². The fourth-order valence-corrected chi connectivity index (χ4v) is 11.2. The van der Waals surface area contributed by atoms with Crippen molar-refractivity contribution in [3.05, 3.63) is 168 Å². The van der Waals surface area contributed by atoms with Crippen molar-refractivity contribution in [1.29, 1.82) is 0 Å². The molecule has 4 aliphatic rings. The zero-order chi connectivity index (χ0) is 32.4. The van der Waals surface area contributed by atoms with Gasteiger partial charge in [-0.1, -0.05) is 123 Å². The third kappa shape index (κ3) is 3.84. The summed E-state index contributed by atoms with van der Waals surface area (Å²) in [5.74, 6) is 0.920. The van der Waals surface area contributed by atoms with Crippen LogP contribution in [0.3, 0.4) is 0 Å². The quantitative estimate of drug-likeness (QED) is 0.169. The molecule has 2 heteroatoms. The average molecular weight is 646 g/mol. The number of thioether (sulfide) groups is 1. The maximum Gasteiger partial charge on any atom is 0.0538 e. The third-order valence-electron chi connectivity index (χ3n) is 12.1. The normalized spacial score (nSPS) is 22.0. The molecule has 0 spiro atoms. The zero-order valence-corrected chi connectivity index (χ0v) is 28.5. The first-order valence-corrected chi connectivity index (χ1v) is 18.5. The average Bonchev–Trinajstić information content (AvgIpc) is 3.76. The first kappa shape index (κ1) is 27.9. The minimum Gasteiger partial charge on any atom is -0.313 e. The zero-order valence-electron chi connectivity index (χ0n) is 27.7. The Kier molecular flexibility index (Phi) is 5.68. The predicted octanol–water partition coefficient (Wildman–Crippen LogP) is 12.7. The van der Waals surface area contributed by atoms with E-state index in [9.17, 15) is 0 Å². The number of nitrogens with zero attached hydrogens (tertiary/aromatic N) is 1. The summed E-state index contributed by atoms with van der Waals surface area (Å²) >= 11 is 2.08. The van der Waals surface area contributed by atoms with Gasteiger partial charge >= 0.3 is 0 Å². The molecular weight excluding hydrogens is 611 g/mol. The van der Waals surface area contributed by atoms with Crippen molar-refractivity contribution >= 4 is 60.8 Å². The first-order chi connectivity index (χ1) is 24.0. The highest BCUT2D eigenvalue weighted by Crippen LogP contribution is 2.63. The Balaban J connectivity index is 1.02. The van der Waals surface area contributed by atoms with Crippen LogP contribution in [0.5, 0.6) is 0 Å². The van der Waals surface area contributed by atoms with Gasteiger partial charge in [0.25, 0.3) is 0 Å². The summed E-state index contributed by atoms with van der Waals surface area (Å²) in [4.78, 5) is 1.45. The Morgan fingerprint density at radius 1 is 0.653 bits per heavy atom. The van der Waals surface area contributed by atoms with Crippen molar-refractivity contribution in [3.63, 3.8) is 0 Å². The van der Waals surface area contributed by atoms with Gasteiger partial charge in [-0.2, -0.15) is 0 Å². The van der Waals surface area contributed by atoms with E-state index in [1.165, 1.54) is 70.6 Å². The van der Waals surface area contributed by atoms with Gasteiger partial charge in [0.1, 0.15) is 0 Å². The largest absolute Gasteiger partial charge is 0.313 e. The van der Waals surface area contributed by atoms with Crippen molar-refractivity contribution < 1.29 is 0 Å². The monoisotopic (exact) mass is 645 g/mol. The Morgan fingerprint density at radius 3 is 2.33 bits per heavy atom. The molecule has 2 heterocycles. The molecular formula is C47H35NS. The summed E-state index contributed by atoms with van der Waals surface area (Å²) in [5, 5.41) is 8.30. The molecule has 0 fully saturated rings. The van der Waals surface area contributed by atoms with E-state index in [1.807, 2.05) is 0 Å². The summed E-state index contributed by atoms with van der Waals surface area (Å²) in [5.41, 5.74) is 12.8. The smallest absolute Gasteiger partial charge is 0.0538 e. The van der Waals surface area contributed by atoms with Crippen LogP contribution in [-0.2, 0) is 0 Å². The maximum absolute atomic E-state index is 2.56. The maximum atomic E-state index is 2.56. The molecule has 7 aromatic rings. The molecule has 1 nitrogen and oxygen atoms in total. The van der Waals surface area contributed by atoms with E-state index < -0.39 is 0 Å². The van der Waals surface area contributed by atoms with Crippen molar-refractivity contribution in [1.82, 2.24) is 4.57 Å². The van der Waals surface area contributed by atoms with E-state index in [0.717, 1.165) is 6.42 Å². The SMILES string of the molecule is CC1(C)C2=C(C3=CC=C(n4c5ccccc5c5cc(-c6ccc7c(ccc8ccccc87)c6)ccc54)CC31)C1Sc3ccccc3[C@@H]1C=C2. The molecule has 0 radical (unpaired) electrons. The number of hydrogen-bond donors (Lipinski definition) is 0. The van der Waals surface area contributed by atoms with Gasteiger partial charge in [0.15, 0.2) is 0 Å². The molecule has 0 amide bonds. The highest BCUT2D eigenvalue weighted by molar-refractivity contribution is 8.00. The number of aromatic nitrogens is 1. The number of hydrogen-bond acceptors (Lipinski definition) is 1. The fraction of sp³-hybridized carbons (Fsp3) is 0.149. The number of rotatable bonds is 2. The molecule has 0 saturated heterocycles. The van der Waals surface area contributed by atoms with Crippen LogP contribution in [0.15, 0.2) is 167 Å². The van der Waals surface area contributed by atoms with Gasteiger partial charge in [-0.15, -0.1) is 11.8 Å². The van der Waals surface area contributed by atoms with Gasteiger partial charge < -0.3 is 4.57 Å². The molecule has 6 aromatic carbocycles. The van der Waals surface area contributed by atoms with Gasteiger partial charge in [-0.25, -0.2) is 0 Å². The number of allylic oxidation sites excluding steroid dienone is 7. The summed E-state index contributed by atoms with van der Waals surface area (Å²) in [6.07, 6.45) is 10.9. The summed E-state index contributed by atoms with van der Waals surface area (Å²) in [6.45, 7) is 4.97. The Morgan fingerprint density at radius 2 is 1.39 bits per heavy atom. The van der Waals surface area contributed by atoms with Gasteiger partial charge in [0, 0.05) is 32.5 Å². The van der Waals surface area contributed by atoms with Gasteiger partial charge in [-0.05, 0) is 109 Å². The molecule has 0 N–H and O–H groups in total. The molecule has 2 unspecified atom stereocenters. The lowest BCUT2D eigenvalue weighted by Crippen LogP contribution is -2.24. The second kappa shape index (κ2) is 10.00. The van der Waals surface area contributed by atoms with E-state index >= 15 is 0 Å². The third-order valence-corrected chi connectivity index (χ3v) is 13.5. The lowest BCUT2D eigenvalue weighted by molar-refractivity contribution is 0.337. The Labute approximate surface area is 291 Å². The van der Waals surface area contributed by atoms with Crippen molar-refractivity contribution in [2.75, 3.05) is 0 Å². The van der Waals surface area contributed by atoms with E-state index in [4.69, 9.17) is 0 Å². The van der Waals surface area contributed by atoms with Crippen molar-refractivity contribution in [2.24, 2.45) is 11.3 Å². The van der Waals surface area contributed by atoms with Crippen molar-refractivity contribution in [2.45, 2.75) is 36.3 Å². The van der Waals surface area contributed by atoms with E-state index in [1.54, 1.807) is 16.7 Å². The Bertz CT molecular complexity index is 2710. The predicted molar refractivity (Wildman–Crippen MR) is 209 cm³/mol. The highest BCUT2D eigenvalue weighted by Gasteiger charge is 2.51. The van der Waals surface area contributed by atoms with Gasteiger partial charge in [-0.3, -0.25) is 0 Å². The molecule has 3 aliphatic carbocycles. The van der Waals surface area contributed by atoms with Gasteiger partial charge in [0.05, 0.1) is 11.0 Å². The molecule has 1 aromatic heterocycles. The first-order valence-electron chi connectivity index (χ1n) is 17.6. The van der Waals surface area contributed by atoms with E-state index in [2.05, 4.69) is 176 Å². The number of para-hydroxylation sites is 1. The standard InChI is InChI=1S/C47H35NS/c1-47(2)40-23-22-37-36-12-6-8-14-44(36)49-46(37)45(40)38-21-19-32(27-41(38)47)48-42-13-7-5-11-35(42)39-26-30(18-24-43(39)48)29-17-20-34-31(25-29)16-15-28-9-3-4-10-33(28)34/h3-26,37,41,46H,27H2,1-2H3/t37-,41?,46?/m0/s1. The van der Waals surface area contributed by atoms with E-state index in [-0.39, 0.29) is 5.41 Å². The minimum atomic E-state index is 0.0742. The molecule has 3 atom stereocenters. The second-order valence-electron chi connectivity index (χ2n) is 14.9. The second-order valence-corrected chi connectivity index (χ2v) is 16.0. The molecule has 0 saturated carbocycles. The highest BCUT2D eigenvalue weighted by atomic mass is 32.2. The summed E-state index contributed by atoms with van der Waals surface area (Å²) < 4.78 is 2.56. The van der Waals surface area contributed by atoms with Crippen molar-refractivity contribution in [3.8, 4) is 11.1 Å². The van der Waals surface area contributed by atoms with Crippen LogP contribution in [-0.4, -0.2) is 9.82 Å². The summed E-state index contributed by atoms with van der Waals surface area (Å²) in [7, 11) is 0. The molecule has 0 bridgehead atoms. The lowest BCUT2D eigenvalue weighted by Gasteiger charge is -2.33. The summed E-state index contributed by atoms with van der Waals surface area (Å²) in [6, 6.07) is 45.3. The molecule has 49 heavy (non-hydrogen) atoms. The van der Waals surface area contributed by atoms with Crippen LogP contribution in [0.25, 0.3) is 60.2 Å². The van der Waals surface area contributed by atoms with E-state index in [0.29, 0.717) is 17.1 Å². The number of fused-ring (bicyclic) bond motifs is 12. The van der Waals surface area contributed by atoms with Crippen LogP contribution >= 0.6 is 11.8 Å². The van der Waals surface area contributed by atoms with Crippen LogP contribution < -0.4 is 0 Å². The lowest BCUT2D eigenvalue weighted by atomic mass is 9.72. The van der Waals surface area contributed by atoms with Crippen LogP contribution in [0.1, 0.15) is 31.7 Å². The number of benzene rings is 6.